The summed E-state index contributed by atoms with van der Waals surface area (Å²) < 4.78 is 1.29. The average Bonchev–Trinajstić information content (AvgIpc) is 3.01. The Bertz CT molecular complexity index is 693. The molecule has 1 N–H and O–H groups in total. The van der Waals surface area contributed by atoms with Gasteiger partial charge >= 0.3 is 0 Å². The second-order valence-corrected chi connectivity index (χ2v) is 5.98. The molecule has 0 spiro atoms. The van der Waals surface area contributed by atoms with Gasteiger partial charge in [-0.3, -0.25) is 0 Å². The van der Waals surface area contributed by atoms with Crippen molar-refractivity contribution in [2.75, 3.05) is 30.4 Å². The number of anilines is 2. The Balaban J connectivity index is 1.51. The molecule has 0 aliphatic carbocycles. The zero-order valence-electron chi connectivity index (χ0n) is 12.1. The Morgan fingerprint density at radius 2 is 2.00 bits per heavy atom. The molecule has 4 heteroatoms. The van der Waals surface area contributed by atoms with Gasteiger partial charge in [-0.05, 0) is 36.1 Å². The van der Waals surface area contributed by atoms with Crippen molar-refractivity contribution in [3.05, 3.63) is 54.0 Å². The van der Waals surface area contributed by atoms with E-state index in [1.807, 2.05) is 12.3 Å². The third-order valence-electron chi connectivity index (χ3n) is 3.54. The predicted molar refractivity (Wildman–Crippen MR) is 92.4 cm³/mol. The lowest BCUT2D eigenvalue weighted by Gasteiger charge is -2.19. The summed E-state index contributed by atoms with van der Waals surface area (Å²) in [5.74, 6) is 0.996. The summed E-state index contributed by atoms with van der Waals surface area (Å²) in [6.45, 7) is 1.95. The van der Waals surface area contributed by atoms with Gasteiger partial charge in [0.05, 0.1) is 0 Å². The molecule has 108 valence electrons. The van der Waals surface area contributed by atoms with Gasteiger partial charge in [-0.15, -0.1) is 11.3 Å². The fraction of sp³-hybridized carbons (Fsp3) is 0.235. The molecule has 3 nitrogen and oxygen atoms in total. The van der Waals surface area contributed by atoms with Crippen LogP contribution in [0.5, 0.6) is 0 Å². The van der Waals surface area contributed by atoms with Gasteiger partial charge in [-0.2, -0.15) is 0 Å². The molecule has 2 heterocycles. The summed E-state index contributed by atoms with van der Waals surface area (Å²) in [7, 11) is 2.13. The van der Waals surface area contributed by atoms with Crippen LogP contribution >= 0.6 is 11.3 Å². The van der Waals surface area contributed by atoms with Gasteiger partial charge in [-0.25, -0.2) is 4.98 Å². The number of nitrogens with zero attached hydrogens (tertiary/aromatic N) is 2. The van der Waals surface area contributed by atoms with Gasteiger partial charge in [0.1, 0.15) is 5.82 Å². The minimum Gasteiger partial charge on any atom is -0.375 e. The summed E-state index contributed by atoms with van der Waals surface area (Å²) >= 11 is 1.75. The molecule has 1 aromatic carbocycles. The first-order valence-corrected chi connectivity index (χ1v) is 8.05. The lowest BCUT2D eigenvalue weighted by atomic mass is 10.3. The van der Waals surface area contributed by atoms with Crippen LogP contribution in [-0.2, 0) is 0 Å². The van der Waals surface area contributed by atoms with Crippen LogP contribution in [0.2, 0.25) is 0 Å². The van der Waals surface area contributed by atoms with E-state index in [-0.39, 0.29) is 0 Å². The van der Waals surface area contributed by atoms with Crippen LogP contribution in [0, 0.1) is 0 Å². The zero-order valence-corrected chi connectivity index (χ0v) is 12.9. The summed E-state index contributed by atoms with van der Waals surface area (Å²) in [5.41, 5.74) is 1.26. The summed E-state index contributed by atoms with van der Waals surface area (Å²) in [4.78, 5) is 6.71. The number of nitrogens with one attached hydrogen (secondary N) is 1. The van der Waals surface area contributed by atoms with Crippen molar-refractivity contribution in [3.63, 3.8) is 0 Å². The number of para-hydroxylation sites is 1. The number of rotatable bonds is 6. The van der Waals surface area contributed by atoms with Gasteiger partial charge in [0.25, 0.3) is 0 Å². The van der Waals surface area contributed by atoms with Crippen molar-refractivity contribution in [2.45, 2.75) is 6.42 Å². The summed E-state index contributed by atoms with van der Waals surface area (Å²) in [6, 6.07) is 14.7. The Kier molecular flexibility index (Phi) is 4.36. The van der Waals surface area contributed by atoms with Crippen molar-refractivity contribution < 1.29 is 0 Å². The van der Waals surface area contributed by atoms with E-state index in [0.717, 1.165) is 25.3 Å². The van der Waals surface area contributed by atoms with Crippen molar-refractivity contribution >= 4 is 32.9 Å². The van der Waals surface area contributed by atoms with Gasteiger partial charge in [-0.1, -0.05) is 18.2 Å². The minimum atomic E-state index is 0.930. The highest BCUT2D eigenvalue weighted by Crippen LogP contribution is 2.25. The summed E-state index contributed by atoms with van der Waals surface area (Å²) in [5, 5.41) is 6.78. The maximum absolute atomic E-state index is 4.44. The number of aromatic nitrogens is 1. The fourth-order valence-corrected chi connectivity index (χ4v) is 3.15. The molecule has 3 aromatic rings. The van der Waals surface area contributed by atoms with Gasteiger partial charge in [0.15, 0.2) is 0 Å². The molecule has 0 aliphatic rings. The van der Waals surface area contributed by atoms with E-state index < -0.39 is 0 Å². The van der Waals surface area contributed by atoms with Crippen molar-refractivity contribution in [1.82, 2.24) is 4.98 Å². The molecule has 0 radical (unpaired) electrons. The first-order valence-electron chi connectivity index (χ1n) is 7.17. The largest absolute Gasteiger partial charge is 0.375 e. The summed E-state index contributed by atoms with van der Waals surface area (Å²) in [6.07, 6.45) is 2.95. The van der Waals surface area contributed by atoms with Gasteiger partial charge in [0, 0.05) is 42.1 Å². The van der Waals surface area contributed by atoms with E-state index in [1.165, 1.54) is 15.8 Å². The Morgan fingerprint density at radius 3 is 2.86 bits per heavy atom. The third-order valence-corrected chi connectivity index (χ3v) is 4.42. The number of benzene rings is 1. The third kappa shape index (κ3) is 3.34. The Hall–Kier alpha value is -2.07. The molecular formula is C17H19N3S. The molecule has 0 atom stereocenters. The van der Waals surface area contributed by atoms with Crippen LogP contribution < -0.4 is 10.2 Å². The molecule has 2 aromatic heterocycles. The van der Waals surface area contributed by atoms with Crippen molar-refractivity contribution in [1.29, 1.82) is 0 Å². The van der Waals surface area contributed by atoms with Crippen molar-refractivity contribution in [3.8, 4) is 0 Å². The lowest BCUT2D eigenvalue weighted by molar-refractivity contribution is 0.815. The average molecular weight is 297 g/mol. The maximum Gasteiger partial charge on any atom is 0.134 e. The van der Waals surface area contributed by atoms with E-state index in [9.17, 15) is 0 Å². The van der Waals surface area contributed by atoms with E-state index in [2.05, 4.69) is 64.0 Å². The monoisotopic (exact) mass is 297 g/mol. The number of pyridine rings is 1. The highest BCUT2D eigenvalue weighted by Gasteiger charge is 2.03. The first kappa shape index (κ1) is 13.9. The van der Waals surface area contributed by atoms with Gasteiger partial charge < -0.3 is 10.2 Å². The molecule has 0 amide bonds. The topological polar surface area (TPSA) is 28.2 Å². The van der Waals surface area contributed by atoms with E-state index in [1.54, 1.807) is 11.3 Å². The van der Waals surface area contributed by atoms with Gasteiger partial charge in [0.2, 0.25) is 0 Å². The smallest absolute Gasteiger partial charge is 0.134 e. The number of hydrogen-bond donors (Lipinski definition) is 1. The van der Waals surface area contributed by atoms with Crippen molar-refractivity contribution in [2.24, 2.45) is 0 Å². The molecule has 0 bridgehead atoms. The van der Waals surface area contributed by atoms with Crippen LogP contribution in [0.25, 0.3) is 10.1 Å². The second-order valence-electron chi connectivity index (χ2n) is 5.03. The van der Waals surface area contributed by atoms with Crippen LogP contribution in [0.15, 0.2) is 54.0 Å². The molecule has 0 saturated heterocycles. The lowest BCUT2D eigenvalue weighted by Crippen LogP contribution is -2.20. The fourth-order valence-electron chi connectivity index (χ4n) is 2.37. The van der Waals surface area contributed by atoms with E-state index >= 15 is 0 Å². The quantitative estimate of drug-likeness (QED) is 0.690. The molecule has 0 fully saturated rings. The van der Waals surface area contributed by atoms with E-state index in [0.29, 0.717) is 0 Å². The standard InChI is InChI=1S/C17H19N3S/c1-20(14-6-3-2-4-7-14)12-5-10-18-17-15-9-13-21-16(15)8-11-19-17/h2-4,6-9,11,13H,5,10,12H2,1H3,(H,18,19). The van der Waals surface area contributed by atoms with Crippen LogP contribution in [0.4, 0.5) is 11.5 Å². The molecule has 3 rings (SSSR count). The molecule has 0 saturated carbocycles. The molecule has 0 unspecified atom stereocenters. The number of hydrogen-bond acceptors (Lipinski definition) is 4. The number of fused-ring (bicyclic) bond motifs is 1. The first-order chi connectivity index (χ1) is 10.3. The Labute approximate surface area is 129 Å². The maximum atomic E-state index is 4.44. The minimum absolute atomic E-state index is 0.930. The number of thiophene rings is 1. The molecular weight excluding hydrogens is 278 g/mol. The predicted octanol–water partition coefficient (Wildman–Crippen LogP) is 4.23. The van der Waals surface area contributed by atoms with E-state index in [4.69, 9.17) is 0 Å². The van der Waals surface area contributed by atoms with Crippen LogP contribution in [0.1, 0.15) is 6.42 Å². The highest BCUT2D eigenvalue weighted by molar-refractivity contribution is 7.17. The highest BCUT2D eigenvalue weighted by atomic mass is 32.1. The van der Waals surface area contributed by atoms with Crippen LogP contribution in [0.3, 0.4) is 0 Å². The normalized spacial score (nSPS) is 10.7. The second kappa shape index (κ2) is 6.59. The molecule has 21 heavy (non-hydrogen) atoms. The van der Waals surface area contributed by atoms with Crippen LogP contribution in [-0.4, -0.2) is 25.1 Å². The molecule has 0 aliphatic heterocycles. The SMILES string of the molecule is CN(CCCNc1nccc2sccc12)c1ccccc1. The zero-order chi connectivity index (χ0) is 14.5. The Morgan fingerprint density at radius 1 is 1.14 bits per heavy atom.